The van der Waals surface area contributed by atoms with Crippen LogP contribution < -0.4 is 11.1 Å². The van der Waals surface area contributed by atoms with Crippen molar-refractivity contribution in [3.05, 3.63) is 47.7 Å². The van der Waals surface area contributed by atoms with Crippen LogP contribution in [0.2, 0.25) is 0 Å². The minimum atomic E-state index is -4.36. The molecule has 100 valence electrons. The summed E-state index contributed by atoms with van der Waals surface area (Å²) < 4.78 is 37.9. The van der Waals surface area contributed by atoms with E-state index in [0.717, 1.165) is 12.1 Å². The molecule has 0 atom stereocenters. The molecule has 0 saturated heterocycles. The second-order valence-corrected chi connectivity index (χ2v) is 4.13. The van der Waals surface area contributed by atoms with E-state index in [-0.39, 0.29) is 0 Å². The number of rotatable bonds is 2. The number of nitrogens with one attached hydrogen (secondary N) is 1. The fraction of sp³-hybridized carbons (Fsp3) is 0.154. The second-order valence-electron chi connectivity index (χ2n) is 4.13. The molecule has 3 nitrogen and oxygen atoms in total. The Morgan fingerprint density at radius 2 is 1.89 bits per heavy atom. The van der Waals surface area contributed by atoms with E-state index in [4.69, 9.17) is 5.73 Å². The molecular weight excluding hydrogens is 255 g/mol. The molecule has 0 amide bonds. The van der Waals surface area contributed by atoms with E-state index in [1.165, 1.54) is 12.3 Å². The highest BCUT2D eigenvalue weighted by molar-refractivity contribution is 5.62. The highest BCUT2D eigenvalue weighted by Gasteiger charge is 2.30. The predicted molar refractivity (Wildman–Crippen MR) is 68.1 cm³/mol. The quantitative estimate of drug-likeness (QED) is 0.871. The molecule has 0 aliphatic heterocycles. The molecule has 0 aliphatic rings. The van der Waals surface area contributed by atoms with Gasteiger partial charge >= 0.3 is 6.18 Å². The highest BCUT2D eigenvalue weighted by atomic mass is 19.4. The third-order valence-corrected chi connectivity index (χ3v) is 2.61. The first-order valence-corrected chi connectivity index (χ1v) is 5.52. The van der Waals surface area contributed by atoms with Crippen LogP contribution in [0.15, 0.2) is 36.5 Å². The van der Waals surface area contributed by atoms with Gasteiger partial charge in [-0.1, -0.05) is 6.07 Å². The number of nitrogen functional groups attached to an aromatic ring is 1. The van der Waals surface area contributed by atoms with Crippen molar-refractivity contribution in [1.82, 2.24) is 4.98 Å². The number of alkyl halides is 3. The smallest absolute Gasteiger partial charge is 0.397 e. The van der Waals surface area contributed by atoms with Gasteiger partial charge in [0.1, 0.15) is 5.82 Å². The molecule has 0 radical (unpaired) electrons. The maximum Gasteiger partial charge on any atom is 0.416 e. The first kappa shape index (κ1) is 13.2. The molecule has 19 heavy (non-hydrogen) atoms. The van der Waals surface area contributed by atoms with Crippen LogP contribution in [0, 0.1) is 6.92 Å². The van der Waals surface area contributed by atoms with Crippen LogP contribution in [-0.4, -0.2) is 4.98 Å². The molecule has 2 aromatic rings. The molecule has 2 rings (SSSR count). The minimum absolute atomic E-state index is 0.368. The zero-order valence-corrected chi connectivity index (χ0v) is 10.1. The number of nitrogens with two attached hydrogens (primary N) is 1. The van der Waals surface area contributed by atoms with Crippen LogP contribution in [-0.2, 0) is 6.18 Å². The van der Waals surface area contributed by atoms with Gasteiger partial charge in [0, 0.05) is 5.69 Å². The van der Waals surface area contributed by atoms with Crippen molar-refractivity contribution in [2.24, 2.45) is 0 Å². The van der Waals surface area contributed by atoms with E-state index in [2.05, 4.69) is 10.3 Å². The zero-order valence-electron chi connectivity index (χ0n) is 10.1. The van der Waals surface area contributed by atoms with Crippen molar-refractivity contribution in [2.75, 3.05) is 11.1 Å². The molecule has 0 unspecified atom stereocenters. The number of nitrogens with zero attached hydrogens (tertiary/aromatic N) is 1. The van der Waals surface area contributed by atoms with E-state index in [1.54, 1.807) is 19.1 Å². The maximum absolute atomic E-state index is 12.6. The lowest BCUT2D eigenvalue weighted by atomic mass is 10.1. The first-order chi connectivity index (χ1) is 8.86. The number of hydrogen-bond donors (Lipinski definition) is 2. The molecule has 3 N–H and O–H groups in total. The summed E-state index contributed by atoms with van der Waals surface area (Å²) in [5.41, 5.74) is 6.35. The normalized spacial score (nSPS) is 11.4. The molecule has 0 aliphatic carbocycles. The Hall–Kier alpha value is -2.24. The van der Waals surface area contributed by atoms with Crippen LogP contribution >= 0.6 is 0 Å². The standard InChI is InChI=1S/C13H12F3N3/c1-8-2-3-9(13(14,15)16)6-11(8)19-12-5-4-10(17)7-18-12/h2-7H,17H2,1H3,(H,18,19). The van der Waals surface area contributed by atoms with Crippen LogP contribution in [0.4, 0.5) is 30.4 Å². The number of halogens is 3. The van der Waals surface area contributed by atoms with Crippen LogP contribution in [0.1, 0.15) is 11.1 Å². The molecule has 1 aromatic carbocycles. The average molecular weight is 267 g/mol. The highest BCUT2D eigenvalue weighted by Crippen LogP contribution is 2.32. The van der Waals surface area contributed by atoms with Gasteiger partial charge in [0.2, 0.25) is 0 Å². The summed E-state index contributed by atoms with van der Waals surface area (Å²) in [7, 11) is 0. The molecule has 1 aromatic heterocycles. The number of aromatic nitrogens is 1. The molecule has 0 bridgehead atoms. The van der Waals surface area contributed by atoms with Crippen molar-refractivity contribution in [3.63, 3.8) is 0 Å². The summed E-state index contributed by atoms with van der Waals surface area (Å²) in [6.07, 6.45) is -2.93. The topological polar surface area (TPSA) is 50.9 Å². The molecule has 6 heteroatoms. The van der Waals surface area contributed by atoms with Crippen molar-refractivity contribution < 1.29 is 13.2 Å². The fourth-order valence-corrected chi connectivity index (χ4v) is 1.55. The Balaban J connectivity index is 2.31. The SMILES string of the molecule is Cc1ccc(C(F)(F)F)cc1Nc1ccc(N)cn1. The van der Waals surface area contributed by atoms with Gasteiger partial charge in [0.05, 0.1) is 17.4 Å². The monoisotopic (exact) mass is 267 g/mol. The first-order valence-electron chi connectivity index (χ1n) is 5.52. The summed E-state index contributed by atoms with van der Waals surface area (Å²) in [5.74, 6) is 0.441. The van der Waals surface area contributed by atoms with Crippen LogP contribution in [0.5, 0.6) is 0 Å². The van der Waals surface area contributed by atoms with E-state index in [0.29, 0.717) is 22.8 Å². The summed E-state index contributed by atoms with van der Waals surface area (Å²) in [6.45, 7) is 1.72. The number of benzene rings is 1. The lowest BCUT2D eigenvalue weighted by molar-refractivity contribution is -0.137. The van der Waals surface area contributed by atoms with Crippen molar-refractivity contribution in [1.29, 1.82) is 0 Å². The van der Waals surface area contributed by atoms with Crippen molar-refractivity contribution in [3.8, 4) is 0 Å². The average Bonchev–Trinajstić information content (AvgIpc) is 2.33. The minimum Gasteiger partial charge on any atom is -0.397 e. The van der Waals surface area contributed by atoms with E-state index >= 15 is 0 Å². The van der Waals surface area contributed by atoms with E-state index < -0.39 is 11.7 Å². The van der Waals surface area contributed by atoms with Gasteiger partial charge in [-0.2, -0.15) is 13.2 Å². The summed E-state index contributed by atoms with van der Waals surface area (Å²) >= 11 is 0. The van der Waals surface area contributed by atoms with Crippen LogP contribution in [0.3, 0.4) is 0 Å². The number of pyridine rings is 1. The number of hydrogen-bond acceptors (Lipinski definition) is 3. The second kappa shape index (κ2) is 4.79. The van der Waals surface area contributed by atoms with Gasteiger partial charge in [-0.3, -0.25) is 0 Å². The van der Waals surface area contributed by atoms with Gasteiger partial charge in [0.15, 0.2) is 0 Å². The van der Waals surface area contributed by atoms with Gasteiger partial charge in [-0.15, -0.1) is 0 Å². The van der Waals surface area contributed by atoms with E-state index in [9.17, 15) is 13.2 Å². The Bertz CT molecular complexity index is 577. The summed E-state index contributed by atoms with van der Waals surface area (Å²) in [6, 6.07) is 6.76. The number of aryl methyl sites for hydroxylation is 1. The number of anilines is 3. The largest absolute Gasteiger partial charge is 0.416 e. The van der Waals surface area contributed by atoms with E-state index in [1.807, 2.05) is 0 Å². The Kier molecular flexibility index (Phi) is 3.33. The Morgan fingerprint density at radius 1 is 1.16 bits per heavy atom. The lowest BCUT2D eigenvalue weighted by Gasteiger charge is -2.13. The van der Waals surface area contributed by atoms with Gasteiger partial charge < -0.3 is 11.1 Å². The molecule has 1 heterocycles. The maximum atomic E-state index is 12.6. The fourth-order valence-electron chi connectivity index (χ4n) is 1.55. The van der Waals surface area contributed by atoms with Crippen LogP contribution in [0.25, 0.3) is 0 Å². The summed E-state index contributed by atoms with van der Waals surface area (Å²) in [5, 5.41) is 2.85. The van der Waals surface area contributed by atoms with Gasteiger partial charge in [0.25, 0.3) is 0 Å². The molecule has 0 saturated carbocycles. The van der Waals surface area contributed by atoms with Crippen molar-refractivity contribution >= 4 is 17.2 Å². The third kappa shape index (κ3) is 3.15. The van der Waals surface area contributed by atoms with Gasteiger partial charge in [-0.25, -0.2) is 4.98 Å². The molecular formula is C13H12F3N3. The molecule has 0 fully saturated rings. The Morgan fingerprint density at radius 3 is 2.47 bits per heavy atom. The summed E-state index contributed by atoms with van der Waals surface area (Å²) in [4.78, 5) is 3.99. The predicted octanol–water partition coefficient (Wildman–Crippen LogP) is 3.73. The zero-order chi connectivity index (χ0) is 14.0. The Labute approximate surface area is 108 Å². The van der Waals surface area contributed by atoms with Gasteiger partial charge in [-0.05, 0) is 36.8 Å². The third-order valence-electron chi connectivity index (χ3n) is 2.61. The van der Waals surface area contributed by atoms with Crippen molar-refractivity contribution in [2.45, 2.75) is 13.1 Å². The lowest BCUT2D eigenvalue weighted by Crippen LogP contribution is -2.06. The molecule has 0 spiro atoms.